The molecule has 0 spiro atoms. The first-order valence-corrected chi connectivity index (χ1v) is 12.0. The van der Waals surface area contributed by atoms with Crippen LogP contribution in [0.25, 0.3) is 0 Å². The van der Waals surface area contributed by atoms with Crippen molar-refractivity contribution < 1.29 is 19.4 Å². The zero-order chi connectivity index (χ0) is 25.0. The van der Waals surface area contributed by atoms with E-state index in [0.717, 1.165) is 0 Å². The number of nitrogens with one attached hydrogen (secondary N) is 4. The summed E-state index contributed by atoms with van der Waals surface area (Å²) in [7, 11) is 0. The molecule has 11 nitrogen and oxygen atoms in total. The van der Waals surface area contributed by atoms with Crippen molar-refractivity contribution in [2.24, 2.45) is 0 Å². The van der Waals surface area contributed by atoms with Crippen molar-refractivity contribution in [3.05, 3.63) is 41.0 Å². The van der Waals surface area contributed by atoms with Crippen LogP contribution in [0.1, 0.15) is 23.2 Å². The van der Waals surface area contributed by atoms with E-state index in [-0.39, 0.29) is 18.9 Å². The van der Waals surface area contributed by atoms with Gasteiger partial charge in [0.05, 0.1) is 30.3 Å². The van der Waals surface area contributed by atoms with E-state index >= 15 is 0 Å². The van der Waals surface area contributed by atoms with Crippen molar-refractivity contribution in [1.82, 2.24) is 25.5 Å². The van der Waals surface area contributed by atoms with E-state index < -0.39 is 5.97 Å². The molecule has 0 atom stereocenters. The predicted octanol–water partition coefficient (Wildman–Crippen LogP) is 2.09. The minimum atomic E-state index is -0.889. The smallest absolute Gasteiger partial charge is 0.305 e. The fraction of sp³-hybridized carbons (Fsp3) is 0.409. The topological polar surface area (TPSA) is 141 Å². The first-order valence-electron chi connectivity index (χ1n) is 11.2. The molecule has 1 aromatic carbocycles. The number of anilines is 3. The van der Waals surface area contributed by atoms with E-state index in [4.69, 9.17) is 33.7 Å². The molecule has 0 aliphatic carbocycles. The zero-order valence-electron chi connectivity index (χ0n) is 19.1. The van der Waals surface area contributed by atoms with E-state index in [0.29, 0.717) is 79.0 Å². The maximum atomic E-state index is 13.1. The van der Waals surface area contributed by atoms with Crippen LogP contribution in [0, 0.1) is 0 Å². The van der Waals surface area contributed by atoms with Crippen LogP contribution in [-0.2, 0) is 9.53 Å². The quantitative estimate of drug-likeness (QED) is 0.219. The lowest BCUT2D eigenvalue weighted by molar-refractivity contribution is -0.136. The molecule has 1 aliphatic rings. The monoisotopic (exact) mass is 521 g/mol. The van der Waals surface area contributed by atoms with Gasteiger partial charge in [-0.05, 0) is 30.8 Å². The Labute approximate surface area is 213 Å². The minimum absolute atomic E-state index is 0.0123. The number of morpholine rings is 1. The van der Waals surface area contributed by atoms with Crippen molar-refractivity contribution in [3.8, 4) is 0 Å². The van der Waals surface area contributed by atoms with Crippen molar-refractivity contribution in [1.29, 1.82) is 0 Å². The molecule has 1 aliphatic heterocycles. The Kier molecular flexibility index (Phi) is 10.3. The molecule has 0 radical (unpaired) electrons. The Morgan fingerprint density at radius 1 is 1.14 bits per heavy atom. The lowest BCUT2D eigenvalue weighted by Gasteiger charge is -2.27. The first-order chi connectivity index (χ1) is 16.9. The van der Waals surface area contributed by atoms with Gasteiger partial charge < -0.3 is 36.0 Å². The van der Waals surface area contributed by atoms with Crippen molar-refractivity contribution in [2.75, 3.05) is 56.6 Å². The number of carbonyl (C=O) groups is 2. The number of para-hydroxylation sites is 1. The van der Waals surface area contributed by atoms with Crippen molar-refractivity contribution in [3.63, 3.8) is 0 Å². The number of hydrogen-bond donors (Lipinski definition) is 5. The van der Waals surface area contributed by atoms with E-state index in [1.54, 1.807) is 11.0 Å². The van der Waals surface area contributed by atoms with Crippen LogP contribution in [0.2, 0.25) is 5.02 Å². The number of carbonyl (C=O) groups excluding carboxylic acids is 1. The number of carboxylic acids is 1. The first kappa shape index (κ1) is 26.4. The highest BCUT2D eigenvalue weighted by Crippen LogP contribution is 2.25. The van der Waals surface area contributed by atoms with Crippen LogP contribution in [0.15, 0.2) is 30.5 Å². The number of amides is 1. The van der Waals surface area contributed by atoms with Gasteiger partial charge in [-0.25, -0.2) is 4.98 Å². The average molecular weight is 522 g/mol. The van der Waals surface area contributed by atoms with Gasteiger partial charge in [-0.1, -0.05) is 23.7 Å². The number of rotatable bonds is 11. The van der Waals surface area contributed by atoms with Gasteiger partial charge in [-0.15, -0.1) is 0 Å². The largest absolute Gasteiger partial charge is 0.481 e. The van der Waals surface area contributed by atoms with Gasteiger partial charge in [0, 0.05) is 38.9 Å². The fourth-order valence-electron chi connectivity index (χ4n) is 3.20. The Morgan fingerprint density at radius 2 is 1.89 bits per heavy atom. The molecular formula is C22H28ClN7O4S. The maximum absolute atomic E-state index is 13.1. The van der Waals surface area contributed by atoms with Crippen LogP contribution in [-0.4, -0.2) is 82.9 Å². The van der Waals surface area contributed by atoms with E-state index in [1.165, 1.54) is 6.20 Å². The molecule has 2 heterocycles. The van der Waals surface area contributed by atoms with E-state index in [2.05, 4.69) is 31.2 Å². The fourth-order valence-corrected chi connectivity index (χ4v) is 3.58. The summed E-state index contributed by atoms with van der Waals surface area (Å²) in [5, 5.41) is 21.8. The van der Waals surface area contributed by atoms with Gasteiger partial charge in [0.15, 0.2) is 5.11 Å². The summed E-state index contributed by atoms with van der Waals surface area (Å²) >= 11 is 11.4. The van der Waals surface area contributed by atoms with E-state index in [1.807, 2.05) is 18.2 Å². The van der Waals surface area contributed by atoms with Crippen molar-refractivity contribution >= 4 is 58.3 Å². The minimum Gasteiger partial charge on any atom is -0.481 e. The molecule has 5 N–H and O–H groups in total. The molecular weight excluding hydrogens is 494 g/mol. The summed E-state index contributed by atoms with van der Waals surface area (Å²) in [6.07, 6.45) is 2.16. The lowest BCUT2D eigenvalue weighted by atomic mass is 10.2. The van der Waals surface area contributed by atoms with Gasteiger partial charge in [-0.3, -0.25) is 9.59 Å². The molecule has 1 amide bonds. The molecule has 0 unspecified atom stereocenters. The van der Waals surface area contributed by atoms with Crippen LogP contribution in [0.5, 0.6) is 0 Å². The Bertz CT molecular complexity index is 1040. The van der Waals surface area contributed by atoms with E-state index in [9.17, 15) is 9.59 Å². The Hall–Kier alpha value is -3.22. The van der Waals surface area contributed by atoms with Crippen LogP contribution >= 0.6 is 23.8 Å². The van der Waals surface area contributed by atoms with Crippen molar-refractivity contribution in [2.45, 2.75) is 12.8 Å². The summed E-state index contributed by atoms with van der Waals surface area (Å²) in [5.74, 6) is -0.337. The van der Waals surface area contributed by atoms with Crippen LogP contribution in [0.4, 0.5) is 17.5 Å². The Morgan fingerprint density at radius 3 is 2.63 bits per heavy atom. The summed E-state index contributed by atoms with van der Waals surface area (Å²) in [6.45, 7) is 3.32. The summed E-state index contributed by atoms with van der Waals surface area (Å²) in [4.78, 5) is 34.2. The standard InChI is InChI=1S/C22H28ClN7O4S/c23-16-4-1-2-5-17(16)28-21-27-14-15(20(33)30-10-12-34-13-11-30)19(29-21)24-7-3-8-25-22(35)26-9-6-18(31)32/h1-2,4-5,14H,3,6-13H2,(H,31,32)(H2,25,26,35)(H2,24,27,28,29). The molecule has 1 fully saturated rings. The van der Waals surface area contributed by atoms with Gasteiger partial charge in [0.1, 0.15) is 11.4 Å². The highest BCUT2D eigenvalue weighted by atomic mass is 35.5. The molecule has 3 rings (SSSR count). The molecule has 1 aromatic heterocycles. The molecule has 0 bridgehead atoms. The molecule has 188 valence electrons. The third kappa shape index (κ3) is 8.50. The predicted molar refractivity (Wildman–Crippen MR) is 137 cm³/mol. The molecule has 2 aromatic rings. The number of aromatic nitrogens is 2. The molecule has 13 heteroatoms. The molecule has 0 saturated carbocycles. The number of aliphatic carboxylic acids is 1. The normalized spacial score (nSPS) is 13.1. The lowest BCUT2D eigenvalue weighted by Crippen LogP contribution is -2.41. The summed E-state index contributed by atoms with van der Waals surface area (Å²) in [6, 6.07) is 7.24. The highest BCUT2D eigenvalue weighted by molar-refractivity contribution is 7.80. The van der Waals surface area contributed by atoms with Gasteiger partial charge in [0.25, 0.3) is 5.91 Å². The third-order valence-corrected chi connectivity index (χ3v) is 5.61. The van der Waals surface area contributed by atoms with Gasteiger partial charge >= 0.3 is 5.97 Å². The average Bonchev–Trinajstić information content (AvgIpc) is 2.85. The van der Waals surface area contributed by atoms with Crippen LogP contribution < -0.4 is 21.3 Å². The third-order valence-electron chi connectivity index (χ3n) is 4.99. The number of carboxylic acid groups (broad SMARTS) is 1. The van der Waals surface area contributed by atoms with Crippen LogP contribution in [0.3, 0.4) is 0 Å². The second kappa shape index (κ2) is 13.6. The number of ether oxygens (including phenoxy) is 1. The number of hydrogen-bond acceptors (Lipinski definition) is 8. The number of thiocarbonyl (C=S) groups is 1. The Balaban J connectivity index is 1.62. The molecule has 35 heavy (non-hydrogen) atoms. The second-order valence-corrected chi connectivity index (χ2v) is 8.39. The zero-order valence-corrected chi connectivity index (χ0v) is 20.6. The number of benzene rings is 1. The number of nitrogens with zero attached hydrogens (tertiary/aromatic N) is 3. The highest BCUT2D eigenvalue weighted by Gasteiger charge is 2.23. The maximum Gasteiger partial charge on any atom is 0.305 e. The summed E-state index contributed by atoms with van der Waals surface area (Å²) < 4.78 is 5.35. The van der Waals surface area contributed by atoms with Gasteiger partial charge in [0.2, 0.25) is 5.95 Å². The molecule has 1 saturated heterocycles. The van der Waals surface area contributed by atoms with Gasteiger partial charge in [-0.2, -0.15) is 4.98 Å². The number of halogens is 1. The second-order valence-electron chi connectivity index (χ2n) is 7.57. The summed E-state index contributed by atoms with van der Waals surface area (Å²) in [5.41, 5.74) is 1.02. The SMILES string of the molecule is O=C(O)CCNC(=S)NCCCNc1nc(Nc2ccccc2Cl)ncc1C(=O)N1CCOCC1.